The van der Waals surface area contributed by atoms with Crippen molar-refractivity contribution in [2.75, 3.05) is 0 Å². The maximum Gasteiger partial charge on any atom is 0.170 e. The summed E-state index contributed by atoms with van der Waals surface area (Å²) < 4.78 is 0. The highest BCUT2D eigenvalue weighted by Gasteiger charge is 2.10. The molecule has 0 fully saturated rings. The molecule has 3 heteroatoms. The maximum absolute atomic E-state index is 12.1. The number of imidazole rings is 1. The second-order valence-corrected chi connectivity index (χ2v) is 4.67. The molecule has 19 heavy (non-hydrogen) atoms. The second-order valence-electron chi connectivity index (χ2n) is 4.67. The number of benzene rings is 2. The normalized spacial score (nSPS) is 10.8. The van der Waals surface area contributed by atoms with Crippen molar-refractivity contribution in [1.82, 2.24) is 9.97 Å². The average Bonchev–Trinajstić information content (AvgIpc) is 2.81. The Morgan fingerprint density at radius 2 is 1.84 bits per heavy atom. The van der Waals surface area contributed by atoms with Crippen LogP contribution in [-0.2, 0) is 6.42 Å². The zero-order valence-electron chi connectivity index (χ0n) is 10.7. The molecule has 0 amide bonds. The standard InChI is InChI=1S/C16H14N2O/c1-11-6-8-12(9-7-11)15(19)10-16-17-13-4-2-3-5-14(13)18-16/h2-9H,10H2,1H3,(H,17,18). The van der Waals surface area contributed by atoms with Gasteiger partial charge in [0.25, 0.3) is 0 Å². The van der Waals surface area contributed by atoms with Gasteiger partial charge in [-0.1, -0.05) is 42.0 Å². The number of hydrogen-bond donors (Lipinski definition) is 1. The minimum Gasteiger partial charge on any atom is -0.342 e. The van der Waals surface area contributed by atoms with Gasteiger partial charge in [0.15, 0.2) is 5.78 Å². The topological polar surface area (TPSA) is 45.8 Å². The number of ketones is 1. The Balaban J connectivity index is 1.84. The first-order chi connectivity index (χ1) is 9.22. The molecule has 0 unspecified atom stereocenters. The molecule has 2 aromatic carbocycles. The molecule has 0 saturated heterocycles. The molecule has 1 aromatic heterocycles. The van der Waals surface area contributed by atoms with Gasteiger partial charge in [-0.25, -0.2) is 4.98 Å². The van der Waals surface area contributed by atoms with Crippen molar-refractivity contribution in [2.24, 2.45) is 0 Å². The van der Waals surface area contributed by atoms with E-state index in [1.165, 1.54) is 0 Å². The third kappa shape index (κ3) is 2.40. The lowest BCUT2D eigenvalue weighted by atomic mass is 10.1. The first-order valence-electron chi connectivity index (χ1n) is 6.26. The fraction of sp³-hybridized carbons (Fsp3) is 0.125. The van der Waals surface area contributed by atoms with Crippen LogP contribution in [-0.4, -0.2) is 15.8 Å². The number of Topliss-reactive ketones (excluding diaryl/α,β-unsaturated/α-hetero) is 1. The van der Waals surface area contributed by atoms with Crippen LogP contribution >= 0.6 is 0 Å². The molecule has 0 aliphatic rings. The van der Waals surface area contributed by atoms with Gasteiger partial charge in [0.1, 0.15) is 5.82 Å². The molecular weight excluding hydrogens is 236 g/mol. The Hall–Kier alpha value is -2.42. The van der Waals surface area contributed by atoms with Crippen LogP contribution in [0.1, 0.15) is 21.7 Å². The van der Waals surface area contributed by atoms with Crippen LogP contribution in [0.2, 0.25) is 0 Å². The number of rotatable bonds is 3. The van der Waals surface area contributed by atoms with Crippen molar-refractivity contribution in [3.8, 4) is 0 Å². The number of para-hydroxylation sites is 2. The number of nitrogens with zero attached hydrogens (tertiary/aromatic N) is 1. The van der Waals surface area contributed by atoms with Gasteiger partial charge >= 0.3 is 0 Å². The van der Waals surface area contributed by atoms with E-state index in [4.69, 9.17) is 0 Å². The third-order valence-electron chi connectivity index (χ3n) is 3.14. The summed E-state index contributed by atoms with van der Waals surface area (Å²) in [6, 6.07) is 15.4. The smallest absolute Gasteiger partial charge is 0.170 e. The van der Waals surface area contributed by atoms with Crippen LogP contribution in [0.3, 0.4) is 0 Å². The van der Waals surface area contributed by atoms with Gasteiger partial charge in [-0.15, -0.1) is 0 Å². The summed E-state index contributed by atoms with van der Waals surface area (Å²) >= 11 is 0. The van der Waals surface area contributed by atoms with Crippen molar-refractivity contribution >= 4 is 16.8 Å². The van der Waals surface area contributed by atoms with Crippen molar-refractivity contribution in [1.29, 1.82) is 0 Å². The fourth-order valence-electron chi connectivity index (χ4n) is 2.08. The van der Waals surface area contributed by atoms with E-state index < -0.39 is 0 Å². The van der Waals surface area contributed by atoms with Crippen molar-refractivity contribution in [3.63, 3.8) is 0 Å². The number of carbonyl (C=O) groups excluding carboxylic acids is 1. The van der Waals surface area contributed by atoms with E-state index >= 15 is 0 Å². The lowest BCUT2D eigenvalue weighted by Gasteiger charge is -1.99. The molecule has 0 radical (unpaired) electrons. The van der Waals surface area contributed by atoms with Crippen LogP contribution in [0.4, 0.5) is 0 Å². The number of aromatic nitrogens is 2. The second kappa shape index (κ2) is 4.69. The number of H-pyrrole nitrogens is 1. The summed E-state index contributed by atoms with van der Waals surface area (Å²) in [6.45, 7) is 2.01. The SMILES string of the molecule is Cc1ccc(C(=O)Cc2nc3ccccc3[nH]2)cc1. The summed E-state index contributed by atoms with van der Waals surface area (Å²) in [7, 11) is 0. The lowest BCUT2D eigenvalue weighted by Crippen LogP contribution is -2.04. The molecule has 1 heterocycles. The van der Waals surface area contributed by atoms with E-state index in [1.54, 1.807) is 0 Å². The lowest BCUT2D eigenvalue weighted by molar-refractivity contribution is 0.0991. The Labute approximate surface area is 111 Å². The van der Waals surface area contributed by atoms with Crippen LogP contribution in [0.25, 0.3) is 11.0 Å². The monoisotopic (exact) mass is 250 g/mol. The molecule has 3 nitrogen and oxygen atoms in total. The van der Waals surface area contributed by atoms with Crippen molar-refractivity contribution in [3.05, 3.63) is 65.5 Å². The molecule has 3 aromatic rings. The number of aryl methyl sites for hydroxylation is 1. The zero-order valence-corrected chi connectivity index (χ0v) is 10.7. The minimum atomic E-state index is 0.0825. The van der Waals surface area contributed by atoms with Gasteiger partial charge in [-0.3, -0.25) is 4.79 Å². The predicted octanol–water partition coefficient (Wildman–Crippen LogP) is 3.30. The summed E-state index contributed by atoms with van der Waals surface area (Å²) in [6.07, 6.45) is 0.303. The number of carbonyl (C=O) groups is 1. The molecule has 0 aliphatic heterocycles. The molecule has 0 spiro atoms. The van der Waals surface area contributed by atoms with E-state index in [-0.39, 0.29) is 5.78 Å². The molecular formula is C16H14N2O. The van der Waals surface area contributed by atoms with E-state index in [0.29, 0.717) is 12.2 Å². The summed E-state index contributed by atoms with van der Waals surface area (Å²) in [5, 5.41) is 0. The molecule has 0 aliphatic carbocycles. The van der Waals surface area contributed by atoms with Gasteiger partial charge in [0.2, 0.25) is 0 Å². The molecule has 0 bridgehead atoms. The number of fused-ring (bicyclic) bond motifs is 1. The third-order valence-corrected chi connectivity index (χ3v) is 3.14. The molecule has 3 rings (SSSR count). The summed E-state index contributed by atoms with van der Waals surface area (Å²) in [5.41, 5.74) is 3.75. The highest BCUT2D eigenvalue weighted by atomic mass is 16.1. The van der Waals surface area contributed by atoms with E-state index in [0.717, 1.165) is 22.2 Å². The Morgan fingerprint density at radius 1 is 1.11 bits per heavy atom. The van der Waals surface area contributed by atoms with Crippen LogP contribution < -0.4 is 0 Å². The van der Waals surface area contributed by atoms with E-state index in [1.807, 2.05) is 55.5 Å². The van der Waals surface area contributed by atoms with Gasteiger partial charge in [0, 0.05) is 5.56 Å². The highest BCUT2D eigenvalue weighted by Crippen LogP contribution is 2.12. The Kier molecular flexibility index (Phi) is 2.88. The molecule has 94 valence electrons. The molecule has 0 saturated carbocycles. The number of aromatic amines is 1. The van der Waals surface area contributed by atoms with Crippen LogP contribution in [0.15, 0.2) is 48.5 Å². The average molecular weight is 250 g/mol. The van der Waals surface area contributed by atoms with Crippen molar-refractivity contribution in [2.45, 2.75) is 13.3 Å². The van der Waals surface area contributed by atoms with Gasteiger partial charge in [-0.05, 0) is 19.1 Å². The number of hydrogen-bond acceptors (Lipinski definition) is 2. The summed E-state index contributed by atoms with van der Waals surface area (Å²) in [5.74, 6) is 0.797. The highest BCUT2D eigenvalue weighted by molar-refractivity contribution is 5.97. The number of nitrogens with one attached hydrogen (secondary N) is 1. The van der Waals surface area contributed by atoms with Crippen LogP contribution in [0.5, 0.6) is 0 Å². The fourth-order valence-corrected chi connectivity index (χ4v) is 2.08. The Morgan fingerprint density at radius 3 is 2.58 bits per heavy atom. The van der Waals surface area contributed by atoms with E-state index in [2.05, 4.69) is 9.97 Å². The largest absolute Gasteiger partial charge is 0.342 e. The van der Waals surface area contributed by atoms with Gasteiger partial charge in [0.05, 0.1) is 17.5 Å². The van der Waals surface area contributed by atoms with Gasteiger partial charge < -0.3 is 4.98 Å². The Bertz CT molecular complexity index is 693. The maximum atomic E-state index is 12.1. The first kappa shape index (κ1) is 11.7. The molecule has 0 atom stereocenters. The first-order valence-corrected chi connectivity index (χ1v) is 6.26. The summed E-state index contributed by atoms with van der Waals surface area (Å²) in [4.78, 5) is 19.7. The minimum absolute atomic E-state index is 0.0825. The van der Waals surface area contributed by atoms with Crippen molar-refractivity contribution < 1.29 is 4.79 Å². The van der Waals surface area contributed by atoms with E-state index in [9.17, 15) is 4.79 Å². The predicted molar refractivity (Wildman–Crippen MR) is 75.3 cm³/mol. The van der Waals surface area contributed by atoms with Crippen LogP contribution in [0, 0.1) is 6.92 Å². The van der Waals surface area contributed by atoms with Gasteiger partial charge in [-0.2, -0.15) is 0 Å². The zero-order chi connectivity index (χ0) is 13.2. The molecule has 1 N–H and O–H groups in total. The quantitative estimate of drug-likeness (QED) is 0.725.